The Morgan fingerprint density at radius 2 is 1.64 bits per heavy atom. The molecule has 0 saturated heterocycles. The van der Waals surface area contributed by atoms with E-state index in [4.69, 9.17) is 4.74 Å². The maximum atomic E-state index is 5.48. The van der Waals surface area contributed by atoms with Gasteiger partial charge in [-0.2, -0.15) is 0 Å². The molecule has 0 spiro atoms. The zero-order valence-electron chi connectivity index (χ0n) is 10.1. The van der Waals surface area contributed by atoms with Crippen molar-refractivity contribution in [3.63, 3.8) is 0 Å². The third-order valence-corrected chi connectivity index (χ3v) is 2.43. The molecule has 0 rings (SSSR count). The Balaban J connectivity index is 3.25. The Hall–Kier alpha value is -0.460. The zero-order chi connectivity index (χ0) is 10.6. The Morgan fingerprint density at radius 3 is 2.21 bits per heavy atom. The van der Waals surface area contributed by atoms with E-state index in [2.05, 4.69) is 19.9 Å². The summed E-state index contributed by atoms with van der Waals surface area (Å²) in [6, 6.07) is 0. The SMILES string of the molecule is CC=C(CCCCCCCC)OCC. The van der Waals surface area contributed by atoms with E-state index in [1.807, 2.05) is 6.92 Å². The minimum absolute atomic E-state index is 0.801. The predicted octanol–water partition coefficient (Wildman–Crippen LogP) is 4.68. The molecule has 0 aromatic carbocycles. The fourth-order valence-electron chi connectivity index (χ4n) is 1.56. The van der Waals surface area contributed by atoms with Crippen molar-refractivity contribution in [3.05, 3.63) is 11.8 Å². The average molecular weight is 198 g/mol. The molecule has 0 aliphatic rings. The molecule has 0 aliphatic carbocycles. The van der Waals surface area contributed by atoms with Gasteiger partial charge in [0.1, 0.15) is 0 Å². The minimum atomic E-state index is 0.801. The van der Waals surface area contributed by atoms with Gasteiger partial charge in [-0.15, -0.1) is 0 Å². The molecule has 0 bridgehead atoms. The molecule has 0 atom stereocenters. The summed E-state index contributed by atoms with van der Waals surface area (Å²) in [5.41, 5.74) is 0. The van der Waals surface area contributed by atoms with Crippen LogP contribution in [0.3, 0.4) is 0 Å². The second kappa shape index (κ2) is 10.6. The van der Waals surface area contributed by atoms with Crippen LogP contribution >= 0.6 is 0 Å². The van der Waals surface area contributed by atoms with Crippen molar-refractivity contribution >= 4 is 0 Å². The van der Waals surface area contributed by atoms with Gasteiger partial charge >= 0.3 is 0 Å². The number of ether oxygens (including phenoxy) is 1. The fourth-order valence-corrected chi connectivity index (χ4v) is 1.56. The van der Waals surface area contributed by atoms with Gasteiger partial charge in [0.2, 0.25) is 0 Å². The smallest absolute Gasteiger partial charge is 0.0917 e. The largest absolute Gasteiger partial charge is 0.499 e. The maximum Gasteiger partial charge on any atom is 0.0917 e. The average Bonchev–Trinajstić information content (AvgIpc) is 2.21. The molecule has 0 saturated carbocycles. The summed E-state index contributed by atoms with van der Waals surface area (Å²) in [5, 5.41) is 0. The van der Waals surface area contributed by atoms with Gasteiger partial charge in [-0.3, -0.25) is 0 Å². The molecule has 0 unspecified atom stereocenters. The molecular formula is C13H26O. The lowest BCUT2D eigenvalue weighted by molar-refractivity contribution is 0.215. The van der Waals surface area contributed by atoms with E-state index >= 15 is 0 Å². The molecule has 0 amide bonds. The highest BCUT2D eigenvalue weighted by atomic mass is 16.5. The summed E-state index contributed by atoms with van der Waals surface area (Å²) in [6.07, 6.45) is 11.4. The zero-order valence-corrected chi connectivity index (χ0v) is 10.1. The minimum Gasteiger partial charge on any atom is -0.499 e. The van der Waals surface area contributed by atoms with E-state index in [1.165, 1.54) is 44.3 Å². The Kier molecular flexibility index (Phi) is 10.3. The number of hydrogen-bond acceptors (Lipinski definition) is 1. The number of unbranched alkanes of at least 4 members (excludes halogenated alkanes) is 5. The van der Waals surface area contributed by atoms with Crippen molar-refractivity contribution in [2.24, 2.45) is 0 Å². The lowest BCUT2D eigenvalue weighted by atomic mass is 10.1. The van der Waals surface area contributed by atoms with E-state index in [0.29, 0.717) is 0 Å². The molecule has 0 heterocycles. The van der Waals surface area contributed by atoms with Crippen molar-refractivity contribution in [1.82, 2.24) is 0 Å². The molecule has 0 N–H and O–H groups in total. The fraction of sp³-hybridized carbons (Fsp3) is 0.846. The van der Waals surface area contributed by atoms with Crippen LogP contribution in [0.25, 0.3) is 0 Å². The molecule has 0 aliphatic heterocycles. The van der Waals surface area contributed by atoms with Crippen LogP contribution in [0.2, 0.25) is 0 Å². The van der Waals surface area contributed by atoms with Crippen LogP contribution in [0.1, 0.15) is 65.7 Å². The summed E-state index contributed by atoms with van der Waals surface area (Å²) in [7, 11) is 0. The summed E-state index contributed by atoms with van der Waals surface area (Å²) >= 11 is 0. The molecule has 1 heteroatoms. The molecule has 0 radical (unpaired) electrons. The van der Waals surface area contributed by atoms with Crippen LogP contribution in [0, 0.1) is 0 Å². The third kappa shape index (κ3) is 8.15. The second-order valence-electron chi connectivity index (χ2n) is 3.71. The van der Waals surface area contributed by atoms with Crippen molar-refractivity contribution in [2.75, 3.05) is 6.61 Å². The van der Waals surface area contributed by atoms with Gasteiger partial charge in [-0.1, -0.05) is 39.0 Å². The first-order chi connectivity index (χ1) is 6.85. The van der Waals surface area contributed by atoms with Crippen molar-refractivity contribution in [2.45, 2.75) is 65.7 Å². The van der Waals surface area contributed by atoms with Crippen molar-refractivity contribution < 1.29 is 4.74 Å². The Morgan fingerprint density at radius 1 is 1.00 bits per heavy atom. The van der Waals surface area contributed by atoms with Crippen LogP contribution in [-0.4, -0.2) is 6.61 Å². The second-order valence-corrected chi connectivity index (χ2v) is 3.71. The number of hydrogen-bond donors (Lipinski definition) is 0. The Bertz CT molecular complexity index is 138. The van der Waals surface area contributed by atoms with Gasteiger partial charge in [-0.05, 0) is 26.3 Å². The van der Waals surface area contributed by atoms with Crippen LogP contribution in [0.4, 0.5) is 0 Å². The number of rotatable bonds is 9. The molecule has 14 heavy (non-hydrogen) atoms. The van der Waals surface area contributed by atoms with E-state index in [1.54, 1.807) is 0 Å². The van der Waals surface area contributed by atoms with E-state index in [0.717, 1.165) is 13.0 Å². The topological polar surface area (TPSA) is 9.23 Å². The monoisotopic (exact) mass is 198 g/mol. The van der Waals surface area contributed by atoms with Gasteiger partial charge in [0, 0.05) is 6.42 Å². The first-order valence-corrected chi connectivity index (χ1v) is 6.13. The molecule has 0 aromatic rings. The van der Waals surface area contributed by atoms with E-state index in [-0.39, 0.29) is 0 Å². The summed E-state index contributed by atoms with van der Waals surface area (Å²) in [4.78, 5) is 0. The highest BCUT2D eigenvalue weighted by Gasteiger charge is 1.96. The van der Waals surface area contributed by atoms with Crippen molar-refractivity contribution in [3.8, 4) is 0 Å². The van der Waals surface area contributed by atoms with Gasteiger partial charge in [0.05, 0.1) is 12.4 Å². The van der Waals surface area contributed by atoms with Crippen LogP contribution in [-0.2, 0) is 4.74 Å². The lowest BCUT2D eigenvalue weighted by Crippen LogP contribution is -1.91. The normalized spacial score (nSPS) is 11.8. The first-order valence-electron chi connectivity index (χ1n) is 6.13. The molecule has 0 fully saturated rings. The molecular weight excluding hydrogens is 172 g/mol. The Labute approximate surface area is 89.5 Å². The van der Waals surface area contributed by atoms with E-state index < -0.39 is 0 Å². The predicted molar refractivity (Wildman–Crippen MR) is 63.4 cm³/mol. The molecule has 1 nitrogen and oxygen atoms in total. The van der Waals surface area contributed by atoms with Gasteiger partial charge < -0.3 is 4.74 Å². The summed E-state index contributed by atoms with van der Waals surface area (Å²) < 4.78 is 5.48. The van der Waals surface area contributed by atoms with Gasteiger partial charge in [0.25, 0.3) is 0 Å². The quantitative estimate of drug-likeness (QED) is 0.386. The molecule has 84 valence electrons. The van der Waals surface area contributed by atoms with Gasteiger partial charge in [-0.25, -0.2) is 0 Å². The van der Waals surface area contributed by atoms with Crippen LogP contribution in [0.5, 0.6) is 0 Å². The highest BCUT2D eigenvalue weighted by molar-refractivity contribution is 4.89. The van der Waals surface area contributed by atoms with Crippen LogP contribution in [0.15, 0.2) is 11.8 Å². The summed E-state index contributed by atoms with van der Waals surface area (Å²) in [6.45, 7) is 7.16. The summed E-state index contributed by atoms with van der Waals surface area (Å²) in [5.74, 6) is 1.17. The number of allylic oxidation sites excluding steroid dienone is 2. The maximum absolute atomic E-state index is 5.48. The van der Waals surface area contributed by atoms with Gasteiger partial charge in [0.15, 0.2) is 0 Å². The standard InChI is InChI=1S/C13H26O/c1-4-7-8-9-10-11-12-13(5-2)14-6-3/h5H,4,6-12H2,1-3H3. The van der Waals surface area contributed by atoms with E-state index in [9.17, 15) is 0 Å². The van der Waals surface area contributed by atoms with Crippen LogP contribution < -0.4 is 0 Å². The lowest BCUT2D eigenvalue weighted by Gasteiger charge is -2.07. The highest BCUT2D eigenvalue weighted by Crippen LogP contribution is 2.12. The first kappa shape index (κ1) is 13.5. The third-order valence-electron chi connectivity index (χ3n) is 2.43. The molecule has 0 aromatic heterocycles. The van der Waals surface area contributed by atoms with Crippen molar-refractivity contribution in [1.29, 1.82) is 0 Å².